The minimum absolute atomic E-state index is 0.229. The molecule has 0 radical (unpaired) electrons. The molecule has 3 rings (SSSR count). The normalized spacial score (nSPS) is 15.3. The quantitative estimate of drug-likeness (QED) is 0.540. The van der Waals surface area contributed by atoms with Crippen LogP contribution in [0.3, 0.4) is 0 Å². The van der Waals surface area contributed by atoms with Crippen LogP contribution in [0.15, 0.2) is 24.3 Å². The predicted octanol–water partition coefficient (Wildman–Crippen LogP) is 2.41. The zero-order valence-corrected chi connectivity index (χ0v) is 17.3. The van der Waals surface area contributed by atoms with Gasteiger partial charge in [-0.05, 0) is 24.3 Å². The number of rotatable bonds is 5. The lowest BCUT2D eigenvalue weighted by Crippen LogP contribution is -2.59. The van der Waals surface area contributed by atoms with Crippen molar-refractivity contribution in [2.24, 2.45) is 5.92 Å². The number of aromatic nitrogens is 2. The van der Waals surface area contributed by atoms with Crippen LogP contribution in [-0.2, 0) is 14.4 Å². The van der Waals surface area contributed by atoms with E-state index in [2.05, 4.69) is 14.7 Å². The molecule has 0 aliphatic carbocycles. The molecule has 0 bridgehead atoms. The van der Waals surface area contributed by atoms with E-state index >= 15 is 0 Å². The van der Waals surface area contributed by atoms with Crippen LogP contribution < -0.4 is 10.1 Å². The number of amides is 5. The summed E-state index contributed by atoms with van der Waals surface area (Å²) in [5.74, 6) is -3.63. The highest BCUT2D eigenvalue weighted by Gasteiger charge is 2.46. The molecular weight excluding hydrogens is 445 g/mol. The van der Waals surface area contributed by atoms with Crippen molar-refractivity contribution < 1.29 is 23.9 Å². The molecule has 13 heteroatoms. The van der Waals surface area contributed by atoms with E-state index < -0.39 is 34.5 Å². The number of halogens is 2. The van der Waals surface area contributed by atoms with Crippen LogP contribution in [0.25, 0.3) is 0 Å². The Balaban J connectivity index is 1.67. The fraction of sp³-hybridized carbons (Fsp3) is 0.250. The lowest BCUT2D eigenvalue weighted by atomic mass is 10.0. The summed E-state index contributed by atoms with van der Waals surface area (Å²) in [6.07, 6.45) is 0. The Kier molecular flexibility index (Phi) is 6.01. The number of barbiturate groups is 1. The molecule has 0 saturated carbocycles. The smallest absolute Gasteiger partial charge is 0.332 e. The summed E-state index contributed by atoms with van der Waals surface area (Å²) < 4.78 is 9.46. The van der Waals surface area contributed by atoms with E-state index in [1.54, 1.807) is 12.1 Å². The average Bonchev–Trinajstić information content (AvgIpc) is 3.15. The molecule has 10 nitrogen and oxygen atoms in total. The molecule has 0 unspecified atom stereocenters. The second-order valence-electron chi connectivity index (χ2n) is 5.84. The molecule has 2 heterocycles. The fourth-order valence-electron chi connectivity index (χ4n) is 2.40. The van der Waals surface area contributed by atoms with Gasteiger partial charge in [0.2, 0.25) is 5.91 Å². The van der Waals surface area contributed by atoms with Gasteiger partial charge in [0.25, 0.3) is 17.0 Å². The summed E-state index contributed by atoms with van der Waals surface area (Å²) in [5, 5.41) is 2.71. The topological polar surface area (TPSA) is 122 Å². The first-order valence-electron chi connectivity index (χ1n) is 7.98. The lowest BCUT2D eigenvalue weighted by Gasteiger charge is -2.32. The maximum Gasteiger partial charge on any atom is 0.332 e. The summed E-state index contributed by atoms with van der Waals surface area (Å²) in [5.41, 5.74) is 0.324. The van der Waals surface area contributed by atoms with Crippen LogP contribution in [-0.4, -0.2) is 57.0 Å². The summed E-state index contributed by atoms with van der Waals surface area (Å²) in [6, 6.07) is 5.32. The maximum absolute atomic E-state index is 12.4. The van der Waals surface area contributed by atoms with Crippen LogP contribution in [0.1, 0.15) is 10.7 Å². The first kappa shape index (κ1) is 21.0. The zero-order chi connectivity index (χ0) is 21.3. The Hall–Kier alpha value is -2.76. The molecule has 1 N–H and O–H groups in total. The Morgan fingerprint density at radius 1 is 1.14 bits per heavy atom. The van der Waals surface area contributed by atoms with Gasteiger partial charge in [-0.3, -0.25) is 24.2 Å². The highest BCUT2D eigenvalue weighted by molar-refractivity contribution is 7.07. The highest BCUT2D eigenvalue weighted by atomic mass is 35.5. The number of carbonyl (C=O) groups is 4. The van der Waals surface area contributed by atoms with Crippen LogP contribution in [0, 0.1) is 5.92 Å². The summed E-state index contributed by atoms with van der Waals surface area (Å²) in [4.78, 5) is 53.1. The van der Waals surface area contributed by atoms with Gasteiger partial charge in [0.15, 0.2) is 16.6 Å². The van der Waals surface area contributed by atoms with Crippen molar-refractivity contribution in [1.82, 2.24) is 19.2 Å². The molecule has 2 aromatic rings. The molecule has 152 valence electrons. The second-order valence-corrected chi connectivity index (χ2v) is 7.66. The molecule has 1 aromatic carbocycles. The molecule has 1 aromatic heterocycles. The number of anilines is 1. The van der Waals surface area contributed by atoms with Crippen LogP contribution in [0.2, 0.25) is 0 Å². The van der Waals surface area contributed by atoms with Crippen LogP contribution in [0.5, 0.6) is 10.9 Å². The largest absolute Gasteiger partial charge is 0.430 e. The van der Waals surface area contributed by atoms with Crippen LogP contribution in [0.4, 0.5) is 10.5 Å². The maximum atomic E-state index is 12.4. The molecule has 29 heavy (non-hydrogen) atoms. The Bertz CT molecular complexity index is 956. The first-order chi connectivity index (χ1) is 13.7. The number of ether oxygens (including phenoxy) is 1. The van der Waals surface area contributed by atoms with Gasteiger partial charge >= 0.3 is 6.03 Å². The van der Waals surface area contributed by atoms with Crippen molar-refractivity contribution in [2.45, 2.75) is 4.84 Å². The number of hydrogen-bond donors (Lipinski definition) is 1. The Morgan fingerprint density at radius 2 is 1.72 bits per heavy atom. The van der Waals surface area contributed by atoms with E-state index in [0.29, 0.717) is 11.4 Å². The molecule has 1 fully saturated rings. The zero-order valence-electron chi connectivity index (χ0n) is 15.0. The van der Waals surface area contributed by atoms with Gasteiger partial charge < -0.3 is 10.1 Å². The van der Waals surface area contributed by atoms with Gasteiger partial charge in [-0.15, -0.1) is 0 Å². The molecule has 1 aliphatic heterocycles. The minimum Gasteiger partial charge on any atom is -0.430 e. The molecule has 0 spiro atoms. The third-order valence-corrected chi connectivity index (χ3v) is 4.94. The number of alkyl halides is 2. The Labute approximate surface area is 178 Å². The van der Waals surface area contributed by atoms with Gasteiger partial charge in [-0.2, -0.15) is 9.36 Å². The van der Waals surface area contributed by atoms with E-state index in [1.807, 2.05) is 0 Å². The van der Waals surface area contributed by atoms with Crippen molar-refractivity contribution in [3.05, 3.63) is 30.1 Å². The number of benzene rings is 1. The average molecular weight is 458 g/mol. The third kappa shape index (κ3) is 4.31. The van der Waals surface area contributed by atoms with E-state index in [-0.39, 0.29) is 11.0 Å². The van der Waals surface area contributed by atoms with Crippen molar-refractivity contribution in [1.29, 1.82) is 0 Å². The number of nitrogens with zero attached hydrogens (tertiary/aromatic N) is 4. The third-order valence-electron chi connectivity index (χ3n) is 3.94. The molecule has 1 aliphatic rings. The number of hydrogen-bond acceptors (Lipinski definition) is 8. The van der Waals surface area contributed by atoms with Gasteiger partial charge in [0.05, 0.1) is 0 Å². The van der Waals surface area contributed by atoms with Gasteiger partial charge in [0, 0.05) is 31.3 Å². The van der Waals surface area contributed by atoms with Crippen molar-refractivity contribution >= 4 is 64.2 Å². The van der Waals surface area contributed by atoms with Crippen molar-refractivity contribution in [2.75, 3.05) is 19.4 Å². The predicted molar refractivity (Wildman–Crippen MR) is 104 cm³/mol. The van der Waals surface area contributed by atoms with E-state index in [1.165, 1.54) is 26.2 Å². The number of carbonyl (C=O) groups excluding carboxylic acids is 4. The van der Waals surface area contributed by atoms with E-state index in [0.717, 1.165) is 21.3 Å². The molecule has 1 saturated heterocycles. The highest BCUT2D eigenvalue weighted by Crippen LogP contribution is 2.29. The van der Waals surface area contributed by atoms with Gasteiger partial charge in [0.1, 0.15) is 5.75 Å². The number of imide groups is 2. The molecule has 0 atom stereocenters. The monoisotopic (exact) mass is 457 g/mol. The fourth-order valence-corrected chi connectivity index (χ4v) is 3.30. The van der Waals surface area contributed by atoms with Crippen molar-refractivity contribution in [3.63, 3.8) is 0 Å². The lowest BCUT2D eigenvalue weighted by molar-refractivity contribution is -0.151. The first-order valence-corrected chi connectivity index (χ1v) is 9.63. The minimum atomic E-state index is -1.64. The van der Waals surface area contributed by atoms with E-state index in [9.17, 15) is 19.2 Å². The molecular formula is C16H13Cl2N5O5S. The van der Waals surface area contributed by atoms with Gasteiger partial charge in [-0.25, -0.2) is 4.79 Å². The summed E-state index contributed by atoms with van der Waals surface area (Å²) >= 11 is 12.3. The summed E-state index contributed by atoms with van der Waals surface area (Å²) in [7, 11) is 2.41. The number of urea groups is 1. The van der Waals surface area contributed by atoms with Gasteiger partial charge in [-0.1, -0.05) is 23.2 Å². The van der Waals surface area contributed by atoms with Crippen LogP contribution >= 0.6 is 34.7 Å². The summed E-state index contributed by atoms with van der Waals surface area (Å²) in [6.45, 7) is 0. The Morgan fingerprint density at radius 3 is 2.24 bits per heavy atom. The van der Waals surface area contributed by atoms with E-state index in [4.69, 9.17) is 27.9 Å². The molecule has 5 amide bonds. The standard InChI is InChI=1S/C16H13Cl2N5O5S/c1-22-13(25)9(14(26)23(2)16(22)27)12(24)19-7-3-5-8(6-4-7)28-15-20-11(10(17)18)21-29-15/h3-6,9-10H,1-2H3,(H,19,24). The second kappa shape index (κ2) is 8.31. The van der Waals surface area contributed by atoms with Crippen molar-refractivity contribution in [3.8, 4) is 10.9 Å². The SMILES string of the molecule is CN1C(=O)C(C(=O)Nc2ccc(Oc3nc(C(Cl)Cl)ns3)cc2)C(=O)N(C)C1=O. The number of nitrogens with one attached hydrogen (secondary N) is 1.